The first-order chi connectivity index (χ1) is 14.5. The number of nitrogens with one attached hydrogen (secondary N) is 1. The molecule has 0 amide bonds. The minimum atomic E-state index is -0.648. The lowest BCUT2D eigenvalue weighted by Crippen LogP contribution is -2.24. The molecule has 0 saturated carbocycles. The number of hydrogen-bond donors (Lipinski definition) is 3. The van der Waals surface area contributed by atoms with Gasteiger partial charge in [-0.1, -0.05) is 29.4 Å². The van der Waals surface area contributed by atoms with E-state index in [0.717, 1.165) is 41.3 Å². The molecule has 0 saturated heterocycles. The molecule has 8 nitrogen and oxygen atoms in total. The van der Waals surface area contributed by atoms with Gasteiger partial charge in [0, 0.05) is 43.0 Å². The van der Waals surface area contributed by atoms with Crippen LogP contribution in [0.3, 0.4) is 0 Å². The molecule has 0 spiro atoms. The normalized spacial score (nSPS) is 12.2. The molecule has 8 heteroatoms. The van der Waals surface area contributed by atoms with Crippen molar-refractivity contribution in [3.63, 3.8) is 0 Å². The van der Waals surface area contributed by atoms with Crippen molar-refractivity contribution in [2.45, 2.75) is 26.9 Å². The second-order valence-corrected chi connectivity index (χ2v) is 7.02. The molecule has 0 aliphatic rings. The number of anilines is 1. The van der Waals surface area contributed by atoms with Crippen LogP contribution in [0.4, 0.5) is 5.82 Å². The summed E-state index contributed by atoms with van der Waals surface area (Å²) in [4.78, 5) is 11.3. The van der Waals surface area contributed by atoms with Gasteiger partial charge in [-0.2, -0.15) is 4.98 Å². The Bertz CT molecular complexity index is 938. The molecular formula is C22H29N5O3. The maximum Gasteiger partial charge on any atom is 0.258 e. The van der Waals surface area contributed by atoms with E-state index in [-0.39, 0.29) is 6.61 Å². The van der Waals surface area contributed by atoms with Crippen LogP contribution in [0, 0.1) is 6.92 Å². The van der Waals surface area contributed by atoms with Crippen LogP contribution in [0.15, 0.2) is 40.9 Å². The number of benzene rings is 1. The number of rotatable bonds is 10. The Labute approximate surface area is 176 Å². The van der Waals surface area contributed by atoms with Crippen LogP contribution in [0.1, 0.15) is 31.2 Å². The summed E-state index contributed by atoms with van der Waals surface area (Å²) in [7, 11) is 0. The zero-order valence-corrected chi connectivity index (χ0v) is 17.7. The van der Waals surface area contributed by atoms with Crippen molar-refractivity contribution in [3.05, 3.63) is 47.7 Å². The zero-order chi connectivity index (χ0) is 21.5. The molecule has 160 valence electrons. The predicted octanol–water partition coefficient (Wildman–Crippen LogP) is 2.57. The molecule has 0 bridgehead atoms. The third-order valence-electron chi connectivity index (χ3n) is 4.88. The molecule has 0 aliphatic carbocycles. The van der Waals surface area contributed by atoms with Crippen molar-refractivity contribution < 1.29 is 14.7 Å². The van der Waals surface area contributed by atoms with E-state index in [2.05, 4.69) is 39.2 Å². The summed E-state index contributed by atoms with van der Waals surface area (Å²) in [6, 6.07) is 11.3. The van der Waals surface area contributed by atoms with Crippen LogP contribution in [0.25, 0.3) is 22.8 Å². The quantitative estimate of drug-likeness (QED) is 0.437. The Morgan fingerprint density at radius 3 is 2.47 bits per heavy atom. The summed E-state index contributed by atoms with van der Waals surface area (Å²) >= 11 is 0. The fourth-order valence-corrected chi connectivity index (χ4v) is 3.23. The maximum atomic E-state index is 10.2. The van der Waals surface area contributed by atoms with E-state index >= 15 is 0 Å². The van der Waals surface area contributed by atoms with Crippen molar-refractivity contribution in [1.29, 1.82) is 0 Å². The molecule has 1 atom stereocenters. The summed E-state index contributed by atoms with van der Waals surface area (Å²) in [5.74, 6) is 1.83. The lowest BCUT2D eigenvalue weighted by atomic mass is 10.1. The highest BCUT2D eigenvalue weighted by molar-refractivity contribution is 5.63. The minimum absolute atomic E-state index is 0.0409. The van der Waals surface area contributed by atoms with Gasteiger partial charge in [0.25, 0.3) is 5.89 Å². The second kappa shape index (κ2) is 10.3. The fraction of sp³-hybridized carbons (Fsp3) is 0.409. The molecule has 3 rings (SSSR count). The van der Waals surface area contributed by atoms with E-state index in [1.807, 2.05) is 43.3 Å². The first kappa shape index (κ1) is 21.9. The SMILES string of the molecule is CCN(CC)c1cc(-c2nc(-c3ccc(C(O)CNCCO)cc3)no2)cc(C)n1. The van der Waals surface area contributed by atoms with Gasteiger partial charge in [0.1, 0.15) is 5.82 Å². The van der Waals surface area contributed by atoms with E-state index in [9.17, 15) is 5.11 Å². The van der Waals surface area contributed by atoms with Gasteiger partial charge in [0.05, 0.1) is 12.7 Å². The first-order valence-electron chi connectivity index (χ1n) is 10.2. The van der Waals surface area contributed by atoms with Crippen LogP contribution in [0.2, 0.25) is 0 Å². The van der Waals surface area contributed by atoms with E-state index < -0.39 is 6.10 Å². The van der Waals surface area contributed by atoms with Crippen molar-refractivity contribution in [3.8, 4) is 22.8 Å². The predicted molar refractivity (Wildman–Crippen MR) is 116 cm³/mol. The van der Waals surface area contributed by atoms with Crippen LogP contribution in [-0.4, -0.2) is 58.1 Å². The number of pyridine rings is 1. The van der Waals surface area contributed by atoms with Gasteiger partial charge < -0.3 is 25.0 Å². The topological polar surface area (TPSA) is 108 Å². The van der Waals surface area contributed by atoms with Crippen molar-refractivity contribution >= 4 is 5.82 Å². The van der Waals surface area contributed by atoms with Crippen molar-refractivity contribution in [2.24, 2.45) is 0 Å². The molecule has 0 fully saturated rings. The third-order valence-corrected chi connectivity index (χ3v) is 4.88. The molecule has 30 heavy (non-hydrogen) atoms. The molecule has 0 radical (unpaired) electrons. The van der Waals surface area contributed by atoms with Gasteiger partial charge in [-0.25, -0.2) is 4.98 Å². The molecule has 2 heterocycles. The van der Waals surface area contributed by atoms with E-state index in [0.29, 0.717) is 24.8 Å². The summed E-state index contributed by atoms with van der Waals surface area (Å²) in [6.07, 6.45) is -0.648. The summed E-state index contributed by atoms with van der Waals surface area (Å²) < 4.78 is 5.51. The van der Waals surface area contributed by atoms with E-state index in [1.54, 1.807) is 0 Å². The van der Waals surface area contributed by atoms with Crippen LogP contribution >= 0.6 is 0 Å². The number of hydrogen-bond acceptors (Lipinski definition) is 8. The highest BCUT2D eigenvalue weighted by Crippen LogP contribution is 2.26. The smallest absolute Gasteiger partial charge is 0.258 e. The summed E-state index contributed by atoms with van der Waals surface area (Å²) in [6.45, 7) is 8.76. The Hall–Kier alpha value is -2.81. The number of aryl methyl sites for hydroxylation is 1. The van der Waals surface area contributed by atoms with Crippen molar-refractivity contribution in [1.82, 2.24) is 20.4 Å². The molecular weight excluding hydrogens is 382 g/mol. The van der Waals surface area contributed by atoms with Gasteiger partial charge in [-0.05, 0) is 38.5 Å². The summed E-state index contributed by atoms with van der Waals surface area (Å²) in [5.41, 5.74) is 3.31. The number of nitrogens with zero attached hydrogens (tertiary/aromatic N) is 4. The van der Waals surface area contributed by atoms with Gasteiger partial charge in [-0.3, -0.25) is 0 Å². The molecule has 1 unspecified atom stereocenters. The van der Waals surface area contributed by atoms with Gasteiger partial charge in [0.2, 0.25) is 5.82 Å². The largest absolute Gasteiger partial charge is 0.395 e. The van der Waals surface area contributed by atoms with Gasteiger partial charge in [0.15, 0.2) is 0 Å². The van der Waals surface area contributed by atoms with Crippen LogP contribution in [-0.2, 0) is 0 Å². The molecule has 1 aromatic carbocycles. The van der Waals surface area contributed by atoms with E-state index in [4.69, 9.17) is 9.63 Å². The first-order valence-corrected chi connectivity index (χ1v) is 10.2. The average molecular weight is 412 g/mol. The lowest BCUT2D eigenvalue weighted by Gasteiger charge is -2.20. The highest BCUT2D eigenvalue weighted by atomic mass is 16.5. The minimum Gasteiger partial charge on any atom is -0.395 e. The maximum absolute atomic E-state index is 10.2. The molecule has 2 aromatic heterocycles. The Morgan fingerprint density at radius 2 is 1.80 bits per heavy atom. The van der Waals surface area contributed by atoms with Gasteiger partial charge >= 0.3 is 0 Å². The highest BCUT2D eigenvalue weighted by Gasteiger charge is 2.15. The standard InChI is InChI=1S/C22H29N5O3/c1-4-27(5-2)20-13-18(12-15(3)24-20)22-25-21(26-30-22)17-8-6-16(7-9-17)19(29)14-23-10-11-28/h6-9,12-13,19,23,28-29H,4-5,10-11,14H2,1-3H3. The number of aliphatic hydroxyl groups is 2. The Kier molecular flexibility index (Phi) is 7.51. The Balaban J connectivity index is 1.78. The average Bonchev–Trinajstić information content (AvgIpc) is 3.25. The Morgan fingerprint density at radius 1 is 1.07 bits per heavy atom. The van der Waals surface area contributed by atoms with Crippen LogP contribution in [0.5, 0.6) is 0 Å². The monoisotopic (exact) mass is 411 g/mol. The van der Waals surface area contributed by atoms with Gasteiger partial charge in [-0.15, -0.1) is 0 Å². The molecule has 0 aliphatic heterocycles. The van der Waals surface area contributed by atoms with Crippen molar-refractivity contribution in [2.75, 3.05) is 37.7 Å². The number of aromatic nitrogens is 3. The third kappa shape index (κ3) is 5.21. The summed E-state index contributed by atoms with van der Waals surface area (Å²) in [5, 5.41) is 26.1. The second-order valence-electron chi connectivity index (χ2n) is 7.02. The zero-order valence-electron chi connectivity index (χ0n) is 17.7. The van der Waals surface area contributed by atoms with Crippen LogP contribution < -0.4 is 10.2 Å². The molecule has 3 N–H and O–H groups in total. The van der Waals surface area contributed by atoms with E-state index in [1.165, 1.54) is 0 Å². The fourth-order valence-electron chi connectivity index (χ4n) is 3.23. The molecule has 3 aromatic rings. The lowest BCUT2D eigenvalue weighted by molar-refractivity contribution is 0.171. The number of aliphatic hydroxyl groups excluding tert-OH is 2.